The number of carboxylic acids is 1. The summed E-state index contributed by atoms with van der Waals surface area (Å²) in [6, 6.07) is 6.89. The minimum Gasteiger partial charge on any atom is -0.480 e. The first kappa shape index (κ1) is 24.8. The highest BCUT2D eigenvalue weighted by atomic mass is 16.7. The van der Waals surface area contributed by atoms with Gasteiger partial charge in [0, 0.05) is 27.2 Å². The average molecular weight is 437 g/mol. The second-order valence-electron chi connectivity index (χ2n) is 7.46. The summed E-state index contributed by atoms with van der Waals surface area (Å²) in [5, 5.41) is 12.7. The molecule has 1 aromatic carbocycles. The van der Waals surface area contributed by atoms with Crippen LogP contribution in [0, 0.1) is 0 Å². The minimum absolute atomic E-state index is 0.164. The molecule has 2 N–H and O–H groups in total. The zero-order valence-electron chi connectivity index (χ0n) is 18.5. The number of benzene rings is 1. The van der Waals surface area contributed by atoms with E-state index in [4.69, 9.17) is 14.2 Å². The summed E-state index contributed by atoms with van der Waals surface area (Å²) < 4.78 is 15.8. The first-order chi connectivity index (χ1) is 14.8. The molecule has 0 aliphatic carbocycles. The van der Waals surface area contributed by atoms with Crippen molar-refractivity contribution in [2.24, 2.45) is 0 Å². The number of rotatable bonds is 11. The predicted octanol–water partition coefficient (Wildman–Crippen LogP) is 1.20. The Morgan fingerprint density at radius 2 is 1.87 bits per heavy atom. The molecule has 2 rings (SSSR count). The SMILES string of the molecule is CCOC(=O)C(CCc1ccccc1)N[C@@H](C)C(=O)N1CCC(OC)(OC)[C@H]1C(=O)O. The van der Waals surface area contributed by atoms with Gasteiger partial charge in [-0.05, 0) is 32.3 Å². The molecule has 0 aromatic heterocycles. The number of nitrogens with one attached hydrogen (secondary N) is 1. The number of esters is 1. The third-order valence-electron chi connectivity index (χ3n) is 5.59. The van der Waals surface area contributed by atoms with Crippen molar-refractivity contribution >= 4 is 17.8 Å². The normalized spacial score (nSPS) is 19.6. The molecule has 1 unspecified atom stereocenters. The summed E-state index contributed by atoms with van der Waals surface area (Å²) in [5.74, 6) is -3.52. The second-order valence-corrected chi connectivity index (χ2v) is 7.46. The Morgan fingerprint density at radius 3 is 2.42 bits per heavy atom. The quantitative estimate of drug-likeness (QED) is 0.393. The molecule has 1 aromatic rings. The van der Waals surface area contributed by atoms with E-state index in [-0.39, 0.29) is 19.6 Å². The van der Waals surface area contributed by atoms with Crippen molar-refractivity contribution in [1.29, 1.82) is 0 Å². The highest BCUT2D eigenvalue weighted by Gasteiger charge is 2.55. The van der Waals surface area contributed by atoms with Crippen LogP contribution in [0.2, 0.25) is 0 Å². The van der Waals surface area contributed by atoms with E-state index in [0.29, 0.717) is 12.8 Å². The van der Waals surface area contributed by atoms with Crippen LogP contribution >= 0.6 is 0 Å². The summed E-state index contributed by atoms with van der Waals surface area (Å²) >= 11 is 0. The summed E-state index contributed by atoms with van der Waals surface area (Å²) in [4.78, 5) is 38.7. The molecule has 3 atom stereocenters. The number of likely N-dealkylation sites (tertiary alicyclic amines) is 1. The van der Waals surface area contributed by atoms with Crippen molar-refractivity contribution < 1.29 is 33.7 Å². The molecule has 0 spiro atoms. The van der Waals surface area contributed by atoms with Crippen molar-refractivity contribution in [2.75, 3.05) is 27.4 Å². The molecule has 1 amide bonds. The highest BCUT2D eigenvalue weighted by Crippen LogP contribution is 2.33. The smallest absolute Gasteiger partial charge is 0.332 e. The third-order valence-corrected chi connectivity index (χ3v) is 5.59. The van der Waals surface area contributed by atoms with Crippen LogP contribution in [-0.2, 0) is 35.0 Å². The molecule has 0 bridgehead atoms. The van der Waals surface area contributed by atoms with Crippen LogP contribution < -0.4 is 5.32 Å². The van der Waals surface area contributed by atoms with Crippen molar-refractivity contribution in [1.82, 2.24) is 10.2 Å². The van der Waals surface area contributed by atoms with Crippen LogP contribution in [0.25, 0.3) is 0 Å². The number of aryl methyl sites for hydroxylation is 1. The Balaban J connectivity index is 2.12. The Labute approximate surface area is 182 Å². The number of aliphatic carboxylic acids is 1. The average Bonchev–Trinajstić information content (AvgIpc) is 3.17. The van der Waals surface area contributed by atoms with Gasteiger partial charge in [-0.15, -0.1) is 0 Å². The van der Waals surface area contributed by atoms with Crippen molar-refractivity contribution in [3.63, 3.8) is 0 Å². The molecule has 1 aliphatic heterocycles. The highest BCUT2D eigenvalue weighted by molar-refractivity contribution is 5.88. The first-order valence-corrected chi connectivity index (χ1v) is 10.4. The van der Waals surface area contributed by atoms with Gasteiger partial charge in [-0.1, -0.05) is 30.3 Å². The lowest BCUT2D eigenvalue weighted by Crippen LogP contribution is -2.58. The van der Waals surface area contributed by atoms with Gasteiger partial charge in [-0.3, -0.25) is 14.9 Å². The lowest BCUT2D eigenvalue weighted by molar-refractivity contribution is -0.224. The minimum atomic E-state index is -1.41. The van der Waals surface area contributed by atoms with Gasteiger partial charge in [0.25, 0.3) is 0 Å². The van der Waals surface area contributed by atoms with E-state index < -0.39 is 41.8 Å². The van der Waals surface area contributed by atoms with E-state index in [2.05, 4.69) is 5.32 Å². The summed E-state index contributed by atoms with van der Waals surface area (Å²) in [6.45, 7) is 3.72. The lowest BCUT2D eigenvalue weighted by atomic mass is 10.0. The predicted molar refractivity (Wildman–Crippen MR) is 112 cm³/mol. The summed E-state index contributed by atoms with van der Waals surface area (Å²) in [7, 11) is 2.71. The number of amides is 1. The van der Waals surface area contributed by atoms with E-state index in [0.717, 1.165) is 5.56 Å². The van der Waals surface area contributed by atoms with E-state index in [1.807, 2.05) is 30.3 Å². The Kier molecular flexibility index (Phi) is 8.97. The Hall–Kier alpha value is -2.49. The maximum Gasteiger partial charge on any atom is 0.332 e. The lowest BCUT2D eigenvalue weighted by Gasteiger charge is -2.34. The van der Waals surface area contributed by atoms with Crippen molar-refractivity contribution in [3.05, 3.63) is 35.9 Å². The number of carboxylic acid groups (broad SMARTS) is 1. The van der Waals surface area contributed by atoms with Gasteiger partial charge >= 0.3 is 11.9 Å². The standard InChI is InChI=1S/C22H32N2O7/c1-5-31-21(28)17(12-11-16-9-7-6-8-10-16)23-15(2)19(25)24-14-13-22(29-3,30-4)18(24)20(26)27/h6-10,15,17-18,23H,5,11-14H2,1-4H3,(H,26,27)/t15-,17?,18+/m0/s1. The van der Waals surface area contributed by atoms with Crippen molar-refractivity contribution in [2.45, 2.75) is 57.0 Å². The maximum atomic E-state index is 13.1. The third kappa shape index (κ3) is 5.81. The van der Waals surface area contributed by atoms with Crippen molar-refractivity contribution in [3.8, 4) is 0 Å². The van der Waals surface area contributed by atoms with E-state index >= 15 is 0 Å². The number of methoxy groups -OCH3 is 2. The number of hydrogen-bond acceptors (Lipinski definition) is 7. The molecule has 1 heterocycles. The number of ether oxygens (including phenoxy) is 3. The van der Waals surface area contributed by atoms with Gasteiger partial charge in [0.05, 0.1) is 12.6 Å². The molecule has 9 nitrogen and oxygen atoms in total. The van der Waals surface area contributed by atoms with Gasteiger partial charge in [-0.2, -0.15) is 0 Å². The number of hydrogen-bond donors (Lipinski definition) is 2. The number of carbonyl (C=O) groups excluding carboxylic acids is 2. The molecule has 1 aliphatic rings. The van der Waals surface area contributed by atoms with Gasteiger partial charge in [0.1, 0.15) is 6.04 Å². The number of carbonyl (C=O) groups is 3. The van der Waals surface area contributed by atoms with E-state index in [1.165, 1.54) is 19.1 Å². The fraction of sp³-hybridized carbons (Fsp3) is 0.591. The molecular weight excluding hydrogens is 404 g/mol. The fourth-order valence-corrected chi connectivity index (χ4v) is 3.94. The molecule has 9 heteroatoms. The van der Waals surface area contributed by atoms with Gasteiger partial charge in [0.15, 0.2) is 6.04 Å². The molecule has 31 heavy (non-hydrogen) atoms. The Bertz CT molecular complexity index is 751. The molecule has 1 saturated heterocycles. The van der Waals surface area contributed by atoms with Crippen LogP contribution in [-0.4, -0.2) is 79.1 Å². The second kappa shape index (κ2) is 11.2. The van der Waals surface area contributed by atoms with Crippen LogP contribution in [0.3, 0.4) is 0 Å². The molecule has 0 saturated carbocycles. The van der Waals surface area contributed by atoms with Gasteiger partial charge < -0.3 is 24.2 Å². The summed E-state index contributed by atoms with van der Waals surface area (Å²) in [5.41, 5.74) is 1.06. The van der Waals surface area contributed by atoms with Crippen LogP contribution in [0.4, 0.5) is 0 Å². The fourth-order valence-electron chi connectivity index (χ4n) is 3.94. The molecule has 1 fully saturated rings. The largest absolute Gasteiger partial charge is 0.480 e. The maximum absolute atomic E-state index is 13.1. The zero-order valence-corrected chi connectivity index (χ0v) is 18.5. The van der Waals surface area contributed by atoms with Crippen LogP contribution in [0.1, 0.15) is 32.3 Å². The monoisotopic (exact) mass is 436 g/mol. The van der Waals surface area contributed by atoms with Gasteiger partial charge in [-0.25, -0.2) is 4.79 Å². The van der Waals surface area contributed by atoms with E-state index in [9.17, 15) is 19.5 Å². The topological polar surface area (TPSA) is 114 Å². The zero-order chi connectivity index (χ0) is 23.0. The summed E-state index contributed by atoms with van der Waals surface area (Å²) in [6.07, 6.45) is 1.28. The first-order valence-electron chi connectivity index (χ1n) is 10.4. The molecule has 172 valence electrons. The van der Waals surface area contributed by atoms with E-state index in [1.54, 1.807) is 13.8 Å². The van der Waals surface area contributed by atoms with Crippen LogP contribution in [0.5, 0.6) is 0 Å². The Morgan fingerprint density at radius 1 is 1.23 bits per heavy atom. The number of nitrogens with zero attached hydrogens (tertiary/aromatic N) is 1. The molecule has 0 radical (unpaired) electrons. The molecular formula is C22H32N2O7. The van der Waals surface area contributed by atoms with Crippen LogP contribution in [0.15, 0.2) is 30.3 Å². The van der Waals surface area contributed by atoms with Gasteiger partial charge in [0.2, 0.25) is 11.7 Å².